The summed E-state index contributed by atoms with van der Waals surface area (Å²) in [5, 5.41) is 21.9. The molecule has 2 N–H and O–H groups in total. The average Bonchev–Trinajstić information content (AvgIpc) is 2.43. The van der Waals surface area contributed by atoms with Crippen molar-refractivity contribution < 1.29 is 24.0 Å². The van der Waals surface area contributed by atoms with Gasteiger partial charge in [0.25, 0.3) is 11.6 Å². The van der Waals surface area contributed by atoms with Crippen LogP contribution in [-0.4, -0.2) is 27.9 Å². The fourth-order valence-electron chi connectivity index (χ4n) is 1.70. The van der Waals surface area contributed by atoms with Crippen LogP contribution in [0.1, 0.15) is 30.6 Å². The van der Waals surface area contributed by atoms with Crippen molar-refractivity contribution in [1.82, 2.24) is 5.32 Å². The van der Waals surface area contributed by atoms with Gasteiger partial charge in [0.15, 0.2) is 0 Å². The van der Waals surface area contributed by atoms with Gasteiger partial charge in [0.2, 0.25) is 0 Å². The summed E-state index contributed by atoms with van der Waals surface area (Å²) in [7, 11) is 0. The molecule has 0 aliphatic rings. The van der Waals surface area contributed by atoms with Gasteiger partial charge in [-0.2, -0.15) is 0 Å². The topological polar surface area (TPSA) is 110 Å². The summed E-state index contributed by atoms with van der Waals surface area (Å²) in [4.78, 5) is 32.9. The summed E-state index contributed by atoms with van der Waals surface area (Å²) < 4.78 is 13.6. The minimum atomic E-state index is -1.25. The van der Waals surface area contributed by atoms with Crippen molar-refractivity contribution in [2.45, 2.75) is 26.3 Å². The lowest BCUT2D eigenvalue weighted by molar-refractivity contribution is -0.384. The van der Waals surface area contributed by atoms with Crippen LogP contribution < -0.4 is 5.32 Å². The van der Waals surface area contributed by atoms with E-state index in [2.05, 4.69) is 5.32 Å². The van der Waals surface area contributed by atoms with Crippen LogP contribution in [-0.2, 0) is 4.79 Å². The normalized spacial score (nSPS) is 13.3. The number of non-ortho nitro benzene ring substituents is 1. The Morgan fingerprint density at radius 2 is 2.10 bits per heavy atom. The molecule has 1 aromatic rings. The third-order valence-corrected chi connectivity index (χ3v) is 3.17. The molecule has 0 saturated carbocycles. The zero-order valence-corrected chi connectivity index (χ0v) is 11.5. The van der Waals surface area contributed by atoms with Crippen molar-refractivity contribution in [1.29, 1.82) is 0 Å². The van der Waals surface area contributed by atoms with Crippen LogP contribution in [0.3, 0.4) is 0 Å². The van der Waals surface area contributed by atoms with Gasteiger partial charge in [0.05, 0.1) is 10.5 Å². The number of hydrogen-bond donors (Lipinski definition) is 2. The molecule has 8 heteroatoms. The molecule has 2 atom stereocenters. The first-order valence-corrected chi connectivity index (χ1v) is 6.25. The fourth-order valence-corrected chi connectivity index (χ4v) is 1.70. The number of rotatable bonds is 6. The molecule has 1 rings (SSSR count). The molecule has 0 aromatic heterocycles. The maximum absolute atomic E-state index is 13.6. The number of carboxylic acids is 1. The van der Waals surface area contributed by atoms with E-state index in [0.29, 0.717) is 6.42 Å². The zero-order valence-electron chi connectivity index (χ0n) is 11.5. The van der Waals surface area contributed by atoms with Crippen molar-refractivity contribution in [2.75, 3.05) is 0 Å². The average molecular weight is 298 g/mol. The maximum Gasteiger partial charge on any atom is 0.326 e. The van der Waals surface area contributed by atoms with E-state index >= 15 is 0 Å². The summed E-state index contributed by atoms with van der Waals surface area (Å²) in [6, 6.07) is 1.31. The minimum absolute atomic E-state index is 0.367. The first-order chi connectivity index (χ1) is 9.77. The van der Waals surface area contributed by atoms with Crippen LogP contribution >= 0.6 is 0 Å². The Kier molecular flexibility index (Phi) is 5.34. The summed E-state index contributed by atoms with van der Waals surface area (Å²) >= 11 is 0. The smallest absolute Gasteiger partial charge is 0.326 e. The molecule has 1 aromatic carbocycles. The van der Waals surface area contributed by atoms with Gasteiger partial charge in [-0.1, -0.05) is 20.3 Å². The molecule has 0 saturated heterocycles. The molecule has 114 valence electrons. The monoisotopic (exact) mass is 298 g/mol. The Bertz CT molecular complexity index is 576. The van der Waals surface area contributed by atoms with E-state index in [1.807, 2.05) is 0 Å². The number of hydrogen-bond acceptors (Lipinski definition) is 4. The number of amides is 1. The van der Waals surface area contributed by atoms with Crippen LogP contribution in [0.5, 0.6) is 0 Å². The Labute approximate surface area is 119 Å². The third kappa shape index (κ3) is 3.98. The highest BCUT2D eigenvalue weighted by atomic mass is 19.1. The first-order valence-electron chi connectivity index (χ1n) is 6.25. The van der Waals surface area contributed by atoms with Gasteiger partial charge < -0.3 is 10.4 Å². The van der Waals surface area contributed by atoms with E-state index in [-0.39, 0.29) is 5.92 Å². The van der Waals surface area contributed by atoms with E-state index in [4.69, 9.17) is 5.11 Å². The molecule has 0 aliphatic heterocycles. The van der Waals surface area contributed by atoms with Crippen LogP contribution in [0.25, 0.3) is 0 Å². The molecule has 0 fully saturated rings. The Balaban J connectivity index is 3.05. The van der Waals surface area contributed by atoms with Crippen molar-refractivity contribution in [3.05, 3.63) is 39.7 Å². The Hall–Kier alpha value is -2.51. The van der Waals surface area contributed by atoms with Gasteiger partial charge in [-0.3, -0.25) is 14.9 Å². The number of nitrogens with zero attached hydrogens (tertiary/aromatic N) is 1. The van der Waals surface area contributed by atoms with Crippen molar-refractivity contribution in [2.24, 2.45) is 5.92 Å². The molecule has 0 heterocycles. The van der Waals surface area contributed by atoms with Crippen LogP contribution in [0.4, 0.5) is 10.1 Å². The quantitative estimate of drug-likeness (QED) is 0.616. The lowest BCUT2D eigenvalue weighted by atomic mass is 9.99. The van der Waals surface area contributed by atoms with Crippen LogP contribution in [0, 0.1) is 21.8 Å². The number of nitro benzene ring substituents is 1. The number of aliphatic carboxylic acids is 1. The molecule has 7 nitrogen and oxygen atoms in total. The van der Waals surface area contributed by atoms with Gasteiger partial charge in [0.1, 0.15) is 11.9 Å². The number of carbonyl (C=O) groups is 2. The van der Waals surface area contributed by atoms with Gasteiger partial charge in [-0.15, -0.1) is 0 Å². The Morgan fingerprint density at radius 3 is 2.57 bits per heavy atom. The number of nitro groups is 1. The highest BCUT2D eigenvalue weighted by molar-refractivity contribution is 5.97. The first kappa shape index (κ1) is 16.5. The molecular formula is C13H15FN2O5. The number of halogens is 1. The highest BCUT2D eigenvalue weighted by Crippen LogP contribution is 2.17. The molecule has 1 amide bonds. The molecular weight excluding hydrogens is 283 g/mol. The summed E-state index contributed by atoms with van der Waals surface area (Å²) in [5.41, 5.74) is -1.00. The molecule has 0 bridgehead atoms. The third-order valence-electron chi connectivity index (χ3n) is 3.17. The molecule has 0 spiro atoms. The molecule has 0 radical (unpaired) electrons. The number of nitrogens with one attached hydrogen (secondary N) is 1. The van der Waals surface area contributed by atoms with Crippen molar-refractivity contribution in [3.63, 3.8) is 0 Å². The molecule has 21 heavy (non-hydrogen) atoms. The maximum atomic E-state index is 13.6. The second kappa shape index (κ2) is 6.78. The largest absolute Gasteiger partial charge is 0.480 e. The number of benzene rings is 1. The lowest BCUT2D eigenvalue weighted by Crippen LogP contribution is -2.45. The predicted molar refractivity (Wildman–Crippen MR) is 71.4 cm³/mol. The number of carboxylic acid groups (broad SMARTS) is 1. The van der Waals surface area contributed by atoms with E-state index in [1.165, 1.54) is 0 Å². The van der Waals surface area contributed by atoms with E-state index in [1.54, 1.807) is 13.8 Å². The second-order valence-corrected chi connectivity index (χ2v) is 4.60. The fraction of sp³-hybridized carbons (Fsp3) is 0.385. The SMILES string of the molecule is CC[C@H](C)[C@H](NC(=O)c1cc([N+](=O)[O-])ccc1F)C(=O)O. The van der Waals surface area contributed by atoms with Crippen molar-refractivity contribution in [3.8, 4) is 0 Å². The van der Waals surface area contributed by atoms with Crippen LogP contribution in [0.2, 0.25) is 0 Å². The second-order valence-electron chi connectivity index (χ2n) is 4.60. The Morgan fingerprint density at radius 1 is 1.48 bits per heavy atom. The van der Waals surface area contributed by atoms with E-state index in [0.717, 1.165) is 18.2 Å². The van der Waals surface area contributed by atoms with Gasteiger partial charge in [0, 0.05) is 12.1 Å². The summed E-state index contributed by atoms with van der Waals surface area (Å²) in [5.74, 6) is -3.56. The van der Waals surface area contributed by atoms with Gasteiger partial charge in [-0.25, -0.2) is 9.18 Å². The molecule has 0 aliphatic carbocycles. The van der Waals surface area contributed by atoms with Gasteiger partial charge in [-0.05, 0) is 12.0 Å². The molecule has 0 unspecified atom stereocenters. The minimum Gasteiger partial charge on any atom is -0.480 e. The van der Waals surface area contributed by atoms with E-state index in [9.17, 15) is 24.1 Å². The van der Waals surface area contributed by atoms with Gasteiger partial charge >= 0.3 is 5.97 Å². The van der Waals surface area contributed by atoms with Crippen LogP contribution in [0.15, 0.2) is 18.2 Å². The zero-order chi connectivity index (χ0) is 16.2. The lowest BCUT2D eigenvalue weighted by Gasteiger charge is -2.20. The van der Waals surface area contributed by atoms with Crippen molar-refractivity contribution >= 4 is 17.6 Å². The predicted octanol–water partition coefficient (Wildman–Crippen LogP) is 1.96. The number of carbonyl (C=O) groups excluding carboxylic acids is 1. The summed E-state index contributed by atoms with van der Waals surface area (Å²) in [6.45, 7) is 3.38. The van der Waals surface area contributed by atoms with E-state index < -0.39 is 39.9 Å². The summed E-state index contributed by atoms with van der Waals surface area (Å²) in [6.07, 6.45) is 0.495. The highest BCUT2D eigenvalue weighted by Gasteiger charge is 2.27. The standard InChI is InChI=1S/C13H15FN2O5/c1-3-7(2)11(13(18)19)15-12(17)9-6-8(16(20)21)4-5-10(9)14/h4-7,11H,3H2,1-2H3,(H,15,17)(H,18,19)/t7-,11-/m0/s1.